The Morgan fingerprint density at radius 3 is 2.56 bits per heavy atom. The summed E-state index contributed by atoms with van der Waals surface area (Å²) in [6, 6.07) is 8.94. The Labute approximate surface area is 105 Å². The molecule has 2 aromatic rings. The monoisotopic (exact) mass is 272 g/mol. The van der Waals surface area contributed by atoms with E-state index in [2.05, 4.69) is 4.74 Å². The molecule has 0 bridgehead atoms. The van der Waals surface area contributed by atoms with Crippen LogP contribution in [0.15, 0.2) is 36.4 Å². The number of thiophene rings is 1. The first-order chi connectivity index (χ1) is 8.48. The molecular weight excluding hydrogens is 265 g/mol. The highest BCUT2D eigenvalue weighted by molar-refractivity contribution is 7.17. The van der Waals surface area contributed by atoms with Crippen LogP contribution >= 0.6 is 11.3 Å². The van der Waals surface area contributed by atoms with E-state index in [1.807, 2.05) is 0 Å². The van der Waals surface area contributed by atoms with E-state index in [9.17, 15) is 18.0 Å². The van der Waals surface area contributed by atoms with Crippen molar-refractivity contribution in [2.24, 2.45) is 0 Å². The van der Waals surface area contributed by atoms with Gasteiger partial charge in [-0.2, -0.15) is 0 Å². The smallest absolute Gasteiger partial charge is 0.406 e. The molecule has 0 saturated carbocycles. The van der Waals surface area contributed by atoms with Crippen LogP contribution in [0.25, 0.3) is 10.4 Å². The standard InChI is InChI=1S/C12H7F3O2S/c13-12(14,15)17-9-3-1-2-8(6-9)11-5-4-10(7-16)18-11/h1-7H. The molecule has 0 saturated heterocycles. The van der Waals surface area contributed by atoms with Gasteiger partial charge in [-0.05, 0) is 29.8 Å². The van der Waals surface area contributed by atoms with Gasteiger partial charge in [0.25, 0.3) is 0 Å². The number of benzene rings is 1. The van der Waals surface area contributed by atoms with Gasteiger partial charge in [-0.25, -0.2) is 0 Å². The van der Waals surface area contributed by atoms with Gasteiger partial charge >= 0.3 is 6.36 Å². The summed E-state index contributed by atoms with van der Waals surface area (Å²) in [5.74, 6) is -0.277. The first kappa shape index (κ1) is 12.6. The van der Waals surface area contributed by atoms with Gasteiger partial charge in [-0.3, -0.25) is 4.79 Å². The molecule has 2 nitrogen and oxygen atoms in total. The number of hydrogen-bond acceptors (Lipinski definition) is 3. The Balaban J connectivity index is 2.29. The Morgan fingerprint density at radius 2 is 1.94 bits per heavy atom. The van der Waals surface area contributed by atoms with Gasteiger partial charge in [-0.15, -0.1) is 24.5 Å². The molecule has 2 rings (SSSR count). The van der Waals surface area contributed by atoms with Gasteiger partial charge in [0.05, 0.1) is 4.88 Å². The van der Waals surface area contributed by atoms with Gasteiger partial charge in [0.1, 0.15) is 5.75 Å². The van der Waals surface area contributed by atoms with E-state index in [0.29, 0.717) is 21.6 Å². The third kappa shape index (κ3) is 3.10. The molecule has 6 heteroatoms. The maximum absolute atomic E-state index is 12.1. The molecule has 0 fully saturated rings. The molecule has 18 heavy (non-hydrogen) atoms. The highest BCUT2D eigenvalue weighted by Crippen LogP contribution is 2.31. The fraction of sp³-hybridized carbons (Fsp3) is 0.0833. The maximum Gasteiger partial charge on any atom is 0.573 e. The minimum absolute atomic E-state index is 0.277. The largest absolute Gasteiger partial charge is 0.573 e. The van der Waals surface area contributed by atoms with E-state index in [-0.39, 0.29) is 5.75 Å². The van der Waals surface area contributed by atoms with E-state index in [4.69, 9.17) is 0 Å². The van der Waals surface area contributed by atoms with E-state index >= 15 is 0 Å². The van der Waals surface area contributed by atoms with Crippen LogP contribution in [0, 0.1) is 0 Å². The fourth-order valence-corrected chi connectivity index (χ4v) is 2.24. The van der Waals surface area contributed by atoms with Crippen LogP contribution in [0.2, 0.25) is 0 Å². The molecule has 1 aromatic heterocycles. The predicted octanol–water partition coefficient (Wildman–Crippen LogP) is 4.13. The summed E-state index contributed by atoms with van der Waals surface area (Å²) in [5, 5.41) is 0. The molecule has 0 amide bonds. The summed E-state index contributed by atoms with van der Waals surface area (Å²) in [6.45, 7) is 0. The molecule has 0 unspecified atom stereocenters. The number of rotatable bonds is 3. The van der Waals surface area contributed by atoms with Crippen LogP contribution in [0.5, 0.6) is 5.75 Å². The maximum atomic E-state index is 12.1. The van der Waals surface area contributed by atoms with Crippen molar-refractivity contribution >= 4 is 17.6 Å². The van der Waals surface area contributed by atoms with Crippen LogP contribution in [0.3, 0.4) is 0 Å². The van der Waals surface area contributed by atoms with Crippen LogP contribution in [-0.2, 0) is 0 Å². The molecule has 0 aliphatic carbocycles. The Kier molecular flexibility index (Phi) is 3.38. The normalized spacial score (nSPS) is 11.3. The molecule has 0 aliphatic heterocycles. The van der Waals surface area contributed by atoms with Crippen LogP contribution in [0.1, 0.15) is 9.67 Å². The highest BCUT2D eigenvalue weighted by atomic mass is 32.1. The van der Waals surface area contributed by atoms with Gasteiger partial charge in [-0.1, -0.05) is 12.1 Å². The second-order valence-corrected chi connectivity index (χ2v) is 4.51. The molecule has 94 valence electrons. The molecule has 1 aromatic carbocycles. The lowest BCUT2D eigenvalue weighted by molar-refractivity contribution is -0.274. The van der Waals surface area contributed by atoms with Gasteiger partial charge in [0.15, 0.2) is 6.29 Å². The van der Waals surface area contributed by atoms with E-state index in [1.54, 1.807) is 18.2 Å². The Hall–Kier alpha value is -1.82. The number of halogens is 3. The van der Waals surface area contributed by atoms with Crippen molar-refractivity contribution in [2.75, 3.05) is 0 Å². The second kappa shape index (κ2) is 4.81. The summed E-state index contributed by atoms with van der Waals surface area (Å²) < 4.78 is 40.0. The zero-order valence-electron chi connectivity index (χ0n) is 8.90. The van der Waals surface area contributed by atoms with Gasteiger partial charge in [0.2, 0.25) is 0 Å². The van der Waals surface area contributed by atoms with Crippen LogP contribution in [0.4, 0.5) is 13.2 Å². The average molecular weight is 272 g/mol. The summed E-state index contributed by atoms with van der Waals surface area (Å²) >= 11 is 1.21. The fourth-order valence-electron chi connectivity index (χ4n) is 1.42. The average Bonchev–Trinajstić information content (AvgIpc) is 2.75. The number of ether oxygens (including phenoxy) is 1. The van der Waals surface area contributed by atoms with Crippen molar-refractivity contribution in [3.05, 3.63) is 41.3 Å². The number of hydrogen-bond donors (Lipinski definition) is 0. The predicted molar refractivity (Wildman–Crippen MR) is 61.8 cm³/mol. The quantitative estimate of drug-likeness (QED) is 0.785. The lowest BCUT2D eigenvalue weighted by atomic mass is 10.2. The molecule has 0 aliphatic rings. The third-order valence-electron chi connectivity index (χ3n) is 2.10. The van der Waals surface area contributed by atoms with Crippen molar-refractivity contribution in [1.82, 2.24) is 0 Å². The third-order valence-corrected chi connectivity index (χ3v) is 3.15. The molecule has 0 radical (unpaired) electrons. The van der Waals surface area contributed by atoms with Crippen LogP contribution in [-0.4, -0.2) is 12.6 Å². The van der Waals surface area contributed by atoms with Crippen molar-refractivity contribution in [2.45, 2.75) is 6.36 Å². The SMILES string of the molecule is O=Cc1ccc(-c2cccc(OC(F)(F)F)c2)s1. The Morgan fingerprint density at radius 1 is 1.17 bits per heavy atom. The number of carbonyl (C=O) groups is 1. The summed E-state index contributed by atoms with van der Waals surface area (Å²) in [4.78, 5) is 11.8. The number of alkyl halides is 3. The summed E-state index contributed by atoms with van der Waals surface area (Å²) in [5.41, 5.74) is 0.579. The molecular formula is C12H7F3O2S. The van der Waals surface area contributed by atoms with Crippen molar-refractivity contribution in [3.63, 3.8) is 0 Å². The number of carbonyl (C=O) groups excluding carboxylic acids is 1. The van der Waals surface area contributed by atoms with E-state index in [0.717, 1.165) is 0 Å². The van der Waals surface area contributed by atoms with Crippen molar-refractivity contribution in [3.8, 4) is 16.2 Å². The summed E-state index contributed by atoms with van der Waals surface area (Å²) in [7, 11) is 0. The molecule has 1 heterocycles. The highest BCUT2D eigenvalue weighted by Gasteiger charge is 2.31. The lowest BCUT2D eigenvalue weighted by Gasteiger charge is -2.09. The molecule has 0 N–H and O–H groups in total. The van der Waals surface area contributed by atoms with E-state index < -0.39 is 6.36 Å². The lowest BCUT2D eigenvalue weighted by Crippen LogP contribution is -2.17. The van der Waals surface area contributed by atoms with Crippen molar-refractivity contribution < 1.29 is 22.7 Å². The second-order valence-electron chi connectivity index (χ2n) is 3.40. The minimum atomic E-state index is -4.71. The molecule has 0 atom stereocenters. The minimum Gasteiger partial charge on any atom is -0.406 e. The van der Waals surface area contributed by atoms with Crippen LogP contribution < -0.4 is 4.74 Å². The van der Waals surface area contributed by atoms with E-state index in [1.165, 1.54) is 29.5 Å². The summed E-state index contributed by atoms with van der Waals surface area (Å²) in [6.07, 6.45) is -4.01. The zero-order chi connectivity index (χ0) is 13.2. The van der Waals surface area contributed by atoms with Gasteiger partial charge in [0, 0.05) is 4.88 Å². The molecule has 0 spiro atoms. The first-order valence-electron chi connectivity index (χ1n) is 4.89. The topological polar surface area (TPSA) is 26.3 Å². The first-order valence-corrected chi connectivity index (χ1v) is 5.71. The van der Waals surface area contributed by atoms with Gasteiger partial charge < -0.3 is 4.74 Å². The zero-order valence-corrected chi connectivity index (χ0v) is 9.72. The van der Waals surface area contributed by atoms with Crippen molar-refractivity contribution in [1.29, 1.82) is 0 Å². The Bertz CT molecular complexity index is 560. The number of aldehydes is 1.